The van der Waals surface area contributed by atoms with Gasteiger partial charge in [0.25, 0.3) is 5.91 Å². The van der Waals surface area contributed by atoms with Crippen LogP contribution in [0.4, 0.5) is 13.2 Å². The molecule has 1 saturated carbocycles. The first-order valence-electron chi connectivity index (χ1n) is 10.4. The zero-order valence-electron chi connectivity index (χ0n) is 17.9. The van der Waals surface area contributed by atoms with Crippen LogP contribution in [0.3, 0.4) is 0 Å². The van der Waals surface area contributed by atoms with Crippen LogP contribution in [-0.2, 0) is 11.8 Å². The summed E-state index contributed by atoms with van der Waals surface area (Å²) in [4.78, 5) is 19.4. The molecule has 1 fully saturated rings. The van der Waals surface area contributed by atoms with Crippen LogP contribution in [0.2, 0.25) is 0 Å². The highest BCUT2D eigenvalue weighted by Crippen LogP contribution is 2.42. The number of halogens is 4. The average molecular weight is 469 g/mol. The van der Waals surface area contributed by atoms with E-state index in [0.717, 1.165) is 18.9 Å². The quantitative estimate of drug-likeness (QED) is 0.638. The summed E-state index contributed by atoms with van der Waals surface area (Å²) in [5.74, 6) is -1.92. The lowest BCUT2D eigenvalue weighted by molar-refractivity contribution is -0.169. The first-order chi connectivity index (χ1) is 15.1. The summed E-state index contributed by atoms with van der Waals surface area (Å²) in [5, 5.41) is 8.58. The Morgan fingerprint density at radius 3 is 2.69 bits per heavy atom. The summed E-state index contributed by atoms with van der Waals surface area (Å²) >= 11 is 6.13. The number of carbonyl (C=O) groups is 1. The number of carbonyl (C=O) groups excluding carboxylic acids is 1. The summed E-state index contributed by atoms with van der Waals surface area (Å²) in [6.07, 6.45) is 2.94. The minimum atomic E-state index is -4.49. The SMILES string of the molecule is CC1C(Cl)=CC(C(=O)N(CC2CC2)C(C)c2ncnn2-c2ccn(C)n2)=CC1C(F)(F)F. The number of amides is 1. The molecule has 0 aromatic carbocycles. The van der Waals surface area contributed by atoms with Gasteiger partial charge in [0.15, 0.2) is 11.6 Å². The Morgan fingerprint density at radius 2 is 2.09 bits per heavy atom. The molecule has 2 aliphatic rings. The van der Waals surface area contributed by atoms with Crippen molar-refractivity contribution in [3.8, 4) is 5.82 Å². The van der Waals surface area contributed by atoms with Gasteiger partial charge in [-0.15, -0.1) is 0 Å². The van der Waals surface area contributed by atoms with Gasteiger partial charge in [-0.1, -0.05) is 24.6 Å². The maximum absolute atomic E-state index is 13.6. The molecule has 0 bridgehead atoms. The van der Waals surface area contributed by atoms with Gasteiger partial charge >= 0.3 is 6.18 Å². The molecule has 11 heteroatoms. The van der Waals surface area contributed by atoms with Crippen molar-refractivity contribution in [3.05, 3.63) is 47.2 Å². The second kappa shape index (κ2) is 8.38. The molecule has 2 heterocycles. The molecule has 0 saturated heterocycles. The molecule has 2 aromatic heterocycles. The number of nitrogens with zero attached hydrogens (tertiary/aromatic N) is 6. The predicted molar refractivity (Wildman–Crippen MR) is 112 cm³/mol. The molecule has 1 amide bonds. The van der Waals surface area contributed by atoms with Gasteiger partial charge in [0.05, 0.1) is 12.0 Å². The van der Waals surface area contributed by atoms with E-state index in [1.54, 1.807) is 35.8 Å². The molecule has 32 heavy (non-hydrogen) atoms. The number of allylic oxidation sites excluding steroid dienone is 2. The zero-order valence-corrected chi connectivity index (χ0v) is 18.7. The van der Waals surface area contributed by atoms with Crippen LogP contribution in [0.15, 0.2) is 41.3 Å². The molecule has 3 atom stereocenters. The highest BCUT2D eigenvalue weighted by Gasteiger charge is 2.45. The van der Waals surface area contributed by atoms with E-state index < -0.39 is 30.0 Å². The third kappa shape index (κ3) is 4.46. The zero-order chi connectivity index (χ0) is 23.2. The highest BCUT2D eigenvalue weighted by atomic mass is 35.5. The lowest BCUT2D eigenvalue weighted by Gasteiger charge is -2.32. The number of aryl methyl sites for hydroxylation is 1. The standard InChI is InChI=1S/C21H24ClF3N6O/c1-12-16(21(23,24)25)8-15(9-17(12)22)20(32)30(10-14-4-5-14)13(2)19-26-11-27-31(19)18-6-7-29(3)28-18/h6-9,11-14,16H,4-5,10H2,1-3H3. The topological polar surface area (TPSA) is 68.8 Å². The Labute approximate surface area is 188 Å². The van der Waals surface area contributed by atoms with Gasteiger partial charge in [-0.3, -0.25) is 9.48 Å². The summed E-state index contributed by atoms with van der Waals surface area (Å²) in [6.45, 7) is 3.63. The lowest BCUT2D eigenvalue weighted by Crippen LogP contribution is -2.39. The molecule has 0 spiro atoms. The van der Waals surface area contributed by atoms with E-state index in [2.05, 4.69) is 15.2 Å². The Morgan fingerprint density at radius 1 is 1.38 bits per heavy atom. The first-order valence-corrected chi connectivity index (χ1v) is 10.8. The maximum Gasteiger partial charge on any atom is 0.395 e. The Bertz CT molecular complexity index is 1070. The molecule has 2 aliphatic carbocycles. The molecule has 7 nitrogen and oxygen atoms in total. The molecule has 0 radical (unpaired) electrons. The maximum atomic E-state index is 13.6. The van der Waals surface area contributed by atoms with E-state index in [-0.39, 0.29) is 10.6 Å². The third-order valence-corrected chi connectivity index (χ3v) is 6.45. The van der Waals surface area contributed by atoms with Gasteiger partial charge in [-0.25, -0.2) is 4.98 Å². The molecule has 2 aromatic rings. The molecule has 4 rings (SSSR count). The first kappa shape index (κ1) is 22.6. The van der Waals surface area contributed by atoms with Crippen molar-refractivity contribution in [1.29, 1.82) is 0 Å². The van der Waals surface area contributed by atoms with Crippen molar-refractivity contribution in [2.24, 2.45) is 24.8 Å². The molecular weight excluding hydrogens is 445 g/mol. The summed E-state index contributed by atoms with van der Waals surface area (Å²) in [5.41, 5.74) is -0.0492. The fraction of sp³-hybridized carbons (Fsp3) is 0.524. The van der Waals surface area contributed by atoms with E-state index in [1.807, 2.05) is 0 Å². The third-order valence-electron chi connectivity index (χ3n) is 6.00. The van der Waals surface area contributed by atoms with Crippen LogP contribution in [0, 0.1) is 17.8 Å². The van der Waals surface area contributed by atoms with E-state index >= 15 is 0 Å². The smallest absolute Gasteiger partial charge is 0.328 e. The number of hydrogen-bond donors (Lipinski definition) is 0. The van der Waals surface area contributed by atoms with Gasteiger partial charge < -0.3 is 4.90 Å². The number of aromatic nitrogens is 5. The second-order valence-electron chi connectivity index (χ2n) is 8.46. The van der Waals surface area contributed by atoms with Crippen LogP contribution in [0.1, 0.15) is 38.6 Å². The summed E-state index contributed by atoms with van der Waals surface area (Å²) < 4.78 is 43.8. The largest absolute Gasteiger partial charge is 0.395 e. The monoisotopic (exact) mass is 468 g/mol. The van der Waals surface area contributed by atoms with Crippen LogP contribution < -0.4 is 0 Å². The molecule has 3 unspecified atom stereocenters. The van der Waals surface area contributed by atoms with Gasteiger partial charge in [0, 0.05) is 42.4 Å². The van der Waals surface area contributed by atoms with Crippen molar-refractivity contribution >= 4 is 17.5 Å². The fourth-order valence-electron chi connectivity index (χ4n) is 3.88. The minimum absolute atomic E-state index is 0.0221. The fourth-order valence-corrected chi connectivity index (χ4v) is 4.13. The average Bonchev–Trinajstić information content (AvgIpc) is 3.22. The normalized spacial score (nSPS) is 22.3. The molecular formula is C21H24ClF3N6O. The van der Waals surface area contributed by atoms with Crippen LogP contribution in [0.5, 0.6) is 0 Å². The number of rotatable bonds is 6. The summed E-state index contributed by atoms with van der Waals surface area (Å²) in [6, 6.07) is 1.23. The highest BCUT2D eigenvalue weighted by molar-refractivity contribution is 6.30. The van der Waals surface area contributed by atoms with Crippen molar-refractivity contribution in [3.63, 3.8) is 0 Å². The Balaban J connectivity index is 1.67. The summed E-state index contributed by atoms with van der Waals surface area (Å²) in [7, 11) is 1.77. The predicted octanol–water partition coefficient (Wildman–Crippen LogP) is 4.18. The van der Waals surface area contributed by atoms with E-state index in [1.165, 1.54) is 24.0 Å². The second-order valence-corrected chi connectivity index (χ2v) is 8.90. The Hall–Kier alpha value is -2.62. The number of alkyl halides is 3. The van der Waals surface area contributed by atoms with Crippen LogP contribution >= 0.6 is 11.6 Å². The van der Waals surface area contributed by atoms with Gasteiger partial charge in [0.2, 0.25) is 0 Å². The van der Waals surface area contributed by atoms with Gasteiger partial charge in [0.1, 0.15) is 6.33 Å². The van der Waals surface area contributed by atoms with Crippen molar-refractivity contribution < 1.29 is 18.0 Å². The van der Waals surface area contributed by atoms with Gasteiger partial charge in [-0.05, 0) is 31.8 Å². The minimum Gasteiger partial charge on any atom is -0.328 e. The van der Waals surface area contributed by atoms with Crippen LogP contribution in [0.25, 0.3) is 5.82 Å². The molecule has 0 N–H and O–H groups in total. The molecule has 0 aliphatic heterocycles. The number of hydrogen-bond acceptors (Lipinski definition) is 4. The van der Waals surface area contributed by atoms with Crippen molar-refractivity contribution in [1.82, 2.24) is 29.4 Å². The van der Waals surface area contributed by atoms with Crippen molar-refractivity contribution in [2.45, 2.75) is 38.9 Å². The van der Waals surface area contributed by atoms with Crippen LogP contribution in [-0.4, -0.2) is 48.1 Å². The van der Waals surface area contributed by atoms with E-state index in [0.29, 0.717) is 24.1 Å². The van der Waals surface area contributed by atoms with E-state index in [9.17, 15) is 18.0 Å². The van der Waals surface area contributed by atoms with Gasteiger partial charge in [-0.2, -0.15) is 28.1 Å². The lowest BCUT2D eigenvalue weighted by atomic mass is 9.85. The Kier molecular flexibility index (Phi) is 5.91. The molecule has 172 valence electrons. The van der Waals surface area contributed by atoms with Crippen molar-refractivity contribution in [2.75, 3.05) is 6.54 Å². The van der Waals surface area contributed by atoms with E-state index in [4.69, 9.17) is 11.6 Å².